The summed E-state index contributed by atoms with van der Waals surface area (Å²) in [6, 6.07) is -4.91. The number of nitrogens with zero attached hydrogens (tertiary/aromatic N) is 3. The number of hydrogen-bond donors (Lipinski definition) is 4. The van der Waals surface area contributed by atoms with E-state index in [1.165, 1.54) is 18.6 Å². The topological polar surface area (TPSA) is 180 Å². The Kier molecular flexibility index (Phi) is 11.3. The summed E-state index contributed by atoms with van der Waals surface area (Å²) < 4.78 is 30.1. The van der Waals surface area contributed by atoms with Crippen molar-refractivity contribution in [3.63, 3.8) is 0 Å². The Morgan fingerprint density at radius 1 is 0.957 bits per heavy atom. The summed E-state index contributed by atoms with van der Waals surface area (Å²) in [5.41, 5.74) is -0.00861. The zero-order valence-corrected chi connectivity index (χ0v) is 27.4. The van der Waals surface area contributed by atoms with Gasteiger partial charge in [-0.2, -0.15) is 0 Å². The minimum Gasteiger partial charge on any atom is -0.347 e. The lowest BCUT2D eigenvalue weighted by atomic mass is 9.91. The van der Waals surface area contributed by atoms with Gasteiger partial charge in [0.25, 0.3) is 17.7 Å². The third kappa shape index (κ3) is 8.28. The molecule has 1 aromatic heterocycles. The molecule has 3 fully saturated rings. The predicted octanol–water partition coefficient (Wildman–Crippen LogP) is 1.38. The standard InChI is InChI=1S/C32H45F2N7O6/c1-6-7-21(26(42)30(46)37-18-8-9-18)38-29(45)25-19-10-11-32(33,34)20(19)15-41(25)31(47)24(17(4)5)40-28(44)23(16(2)3)39-27(43)22-14-35-12-13-36-22/h12-14,16-21,23-25H,6-11,15H2,1-5H3,(H,37,46)(H,38,45)(H,39,43)(H,40,44)/t19-,20-,21+,23-,24-,25-/m0/s1. The van der Waals surface area contributed by atoms with Crippen LogP contribution in [0.1, 0.15) is 83.6 Å². The normalized spacial score (nSPS) is 23.4. The van der Waals surface area contributed by atoms with Crippen molar-refractivity contribution in [1.29, 1.82) is 0 Å². The Balaban J connectivity index is 1.55. The number of rotatable bonds is 14. The summed E-state index contributed by atoms with van der Waals surface area (Å²) >= 11 is 0. The molecule has 4 rings (SSSR count). The first kappa shape index (κ1) is 35.8. The number of Topliss-reactive ketones (excluding diaryl/α,β-unsaturated/α-hetero) is 1. The summed E-state index contributed by atoms with van der Waals surface area (Å²) in [5, 5.41) is 10.5. The second-order valence-electron chi connectivity index (χ2n) is 13.5. The molecular formula is C32H45F2N7O6. The van der Waals surface area contributed by atoms with E-state index in [9.17, 15) is 28.8 Å². The summed E-state index contributed by atoms with van der Waals surface area (Å²) in [6.45, 7) is 8.10. The summed E-state index contributed by atoms with van der Waals surface area (Å²) in [4.78, 5) is 88.7. The molecular weight excluding hydrogens is 616 g/mol. The SMILES string of the molecule is CCC[C@@H](NC(=O)[C@@H]1[C@H]2CCC(F)(F)[C@H]2CN1C(=O)[C@@H](NC(=O)[C@@H](NC(=O)c1cnccn1)C(C)C)C(C)C)C(=O)C(=O)NC1CC1. The quantitative estimate of drug-likeness (QED) is 0.216. The lowest BCUT2D eigenvalue weighted by Gasteiger charge is -2.34. The minimum absolute atomic E-state index is 0.00861. The number of nitrogens with one attached hydrogen (secondary N) is 4. The number of hydrogen-bond acceptors (Lipinski definition) is 8. The molecule has 3 aliphatic rings. The molecule has 2 heterocycles. The highest BCUT2D eigenvalue weighted by Crippen LogP contribution is 2.51. The first-order valence-electron chi connectivity index (χ1n) is 16.4. The van der Waals surface area contributed by atoms with Gasteiger partial charge in [0.15, 0.2) is 0 Å². The number of fused-ring (bicyclic) bond motifs is 1. The number of alkyl halides is 2. The lowest BCUT2D eigenvalue weighted by Crippen LogP contribution is -2.60. The number of likely N-dealkylation sites (tertiary alicyclic amines) is 1. The fourth-order valence-corrected chi connectivity index (χ4v) is 6.38. The summed E-state index contributed by atoms with van der Waals surface area (Å²) in [5.74, 6) is -10.7. The van der Waals surface area contributed by atoms with Crippen LogP contribution < -0.4 is 21.3 Å². The minimum atomic E-state index is -3.12. The van der Waals surface area contributed by atoms with Crippen LogP contribution in [0.15, 0.2) is 18.6 Å². The third-order valence-electron chi connectivity index (χ3n) is 9.17. The van der Waals surface area contributed by atoms with Gasteiger partial charge in [0, 0.05) is 37.3 Å². The monoisotopic (exact) mass is 661 g/mol. The van der Waals surface area contributed by atoms with E-state index in [0.717, 1.165) is 17.7 Å². The van der Waals surface area contributed by atoms with Crippen molar-refractivity contribution in [3.8, 4) is 0 Å². The highest BCUT2D eigenvalue weighted by atomic mass is 19.3. The van der Waals surface area contributed by atoms with Gasteiger partial charge < -0.3 is 26.2 Å². The van der Waals surface area contributed by atoms with Gasteiger partial charge in [-0.25, -0.2) is 13.8 Å². The smallest absolute Gasteiger partial charge is 0.289 e. The number of aromatic nitrogens is 2. The van der Waals surface area contributed by atoms with E-state index >= 15 is 8.78 Å². The highest BCUT2D eigenvalue weighted by molar-refractivity contribution is 6.38. The molecule has 258 valence electrons. The first-order chi connectivity index (χ1) is 22.2. The van der Waals surface area contributed by atoms with Gasteiger partial charge in [0.1, 0.15) is 23.8 Å². The van der Waals surface area contributed by atoms with Crippen molar-refractivity contribution in [2.24, 2.45) is 23.7 Å². The van der Waals surface area contributed by atoms with Gasteiger partial charge in [-0.05, 0) is 43.4 Å². The van der Waals surface area contributed by atoms with E-state index in [0.29, 0.717) is 6.42 Å². The number of halogens is 2. The molecule has 4 N–H and O–H groups in total. The molecule has 6 atom stereocenters. The van der Waals surface area contributed by atoms with E-state index in [-0.39, 0.29) is 24.6 Å². The first-order valence-corrected chi connectivity index (χ1v) is 16.4. The van der Waals surface area contributed by atoms with Crippen LogP contribution in [0.5, 0.6) is 0 Å². The van der Waals surface area contributed by atoms with Gasteiger partial charge in [-0.15, -0.1) is 0 Å². The fraction of sp³-hybridized carbons (Fsp3) is 0.688. The van der Waals surface area contributed by atoms with Gasteiger partial charge in [0.05, 0.1) is 12.2 Å². The Labute approximate surface area is 272 Å². The van der Waals surface area contributed by atoms with E-state index < -0.39 is 102 Å². The molecule has 15 heteroatoms. The van der Waals surface area contributed by atoms with Crippen LogP contribution in [0.4, 0.5) is 8.78 Å². The highest BCUT2D eigenvalue weighted by Gasteiger charge is 2.61. The molecule has 0 bridgehead atoms. The van der Waals surface area contributed by atoms with Crippen molar-refractivity contribution in [1.82, 2.24) is 36.1 Å². The maximum absolute atomic E-state index is 15.0. The van der Waals surface area contributed by atoms with Crippen LogP contribution in [0.2, 0.25) is 0 Å². The molecule has 0 radical (unpaired) electrons. The van der Waals surface area contributed by atoms with Crippen LogP contribution in [-0.4, -0.2) is 92.9 Å². The van der Waals surface area contributed by atoms with Crippen LogP contribution in [0, 0.1) is 23.7 Å². The van der Waals surface area contributed by atoms with Crippen molar-refractivity contribution >= 4 is 35.3 Å². The maximum atomic E-state index is 15.0. The molecule has 0 aromatic carbocycles. The summed E-state index contributed by atoms with van der Waals surface area (Å²) in [7, 11) is 0. The fourth-order valence-electron chi connectivity index (χ4n) is 6.38. The van der Waals surface area contributed by atoms with E-state index in [1.807, 2.05) is 0 Å². The molecule has 13 nitrogen and oxygen atoms in total. The van der Waals surface area contributed by atoms with Crippen molar-refractivity contribution in [3.05, 3.63) is 24.3 Å². The Morgan fingerprint density at radius 3 is 2.21 bits per heavy atom. The Bertz CT molecular complexity index is 1360. The lowest BCUT2D eigenvalue weighted by molar-refractivity contribution is -0.145. The molecule has 1 saturated heterocycles. The van der Waals surface area contributed by atoms with E-state index in [4.69, 9.17) is 0 Å². The van der Waals surface area contributed by atoms with Crippen LogP contribution in [0.25, 0.3) is 0 Å². The van der Waals surface area contributed by atoms with E-state index in [1.54, 1.807) is 34.6 Å². The average Bonchev–Trinajstić information content (AvgIpc) is 3.67. The van der Waals surface area contributed by atoms with Gasteiger partial charge in [-0.1, -0.05) is 41.0 Å². The summed E-state index contributed by atoms with van der Waals surface area (Å²) in [6.07, 6.45) is 5.64. The largest absolute Gasteiger partial charge is 0.347 e. The number of carbonyl (C=O) groups is 6. The van der Waals surface area contributed by atoms with Crippen LogP contribution in [0.3, 0.4) is 0 Å². The second kappa shape index (κ2) is 14.8. The number of carbonyl (C=O) groups excluding carboxylic acids is 6. The third-order valence-corrected chi connectivity index (χ3v) is 9.17. The van der Waals surface area contributed by atoms with Gasteiger partial charge >= 0.3 is 0 Å². The maximum Gasteiger partial charge on any atom is 0.289 e. The molecule has 1 aliphatic heterocycles. The van der Waals surface area contributed by atoms with Crippen molar-refractivity contribution < 1.29 is 37.5 Å². The van der Waals surface area contributed by atoms with Gasteiger partial charge in [-0.3, -0.25) is 33.8 Å². The van der Waals surface area contributed by atoms with Crippen molar-refractivity contribution in [2.75, 3.05) is 6.54 Å². The second-order valence-corrected chi connectivity index (χ2v) is 13.5. The molecule has 5 amide bonds. The van der Waals surface area contributed by atoms with Crippen LogP contribution in [-0.2, 0) is 24.0 Å². The van der Waals surface area contributed by atoms with Crippen molar-refractivity contribution in [2.45, 2.75) is 109 Å². The zero-order valence-electron chi connectivity index (χ0n) is 27.4. The molecule has 1 aromatic rings. The average molecular weight is 662 g/mol. The molecule has 0 spiro atoms. The Morgan fingerprint density at radius 2 is 1.64 bits per heavy atom. The molecule has 47 heavy (non-hydrogen) atoms. The molecule has 2 saturated carbocycles. The predicted molar refractivity (Wildman–Crippen MR) is 165 cm³/mol. The molecule has 0 unspecified atom stereocenters. The number of ketones is 1. The molecule has 2 aliphatic carbocycles. The van der Waals surface area contributed by atoms with E-state index in [2.05, 4.69) is 31.2 Å². The zero-order chi connectivity index (χ0) is 34.6. The van der Waals surface area contributed by atoms with Gasteiger partial charge in [0.2, 0.25) is 23.5 Å². The van der Waals surface area contributed by atoms with Crippen LogP contribution >= 0.6 is 0 Å². The number of amides is 5. The Hall–Kier alpha value is -4.04.